The first kappa shape index (κ1) is 19.2. The zero-order valence-corrected chi connectivity index (χ0v) is 15.2. The third-order valence-corrected chi connectivity index (χ3v) is 4.81. The number of nitrogens with one attached hydrogen (secondary N) is 1. The van der Waals surface area contributed by atoms with Gasteiger partial charge in [-0.25, -0.2) is 13.9 Å². The van der Waals surface area contributed by atoms with Gasteiger partial charge in [0.2, 0.25) is 0 Å². The Labute approximate surface area is 163 Å². The van der Waals surface area contributed by atoms with Crippen LogP contribution in [0.2, 0.25) is 0 Å². The number of carbonyl (C=O) groups excluding carboxylic acids is 1. The van der Waals surface area contributed by atoms with E-state index in [4.69, 9.17) is 0 Å². The number of carbonyl (C=O) groups is 1. The summed E-state index contributed by atoms with van der Waals surface area (Å²) in [5, 5.41) is 6.25. The van der Waals surface area contributed by atoms with Crippen LogP contribution in [-0.4, -0.2) is 39.8 Å². The van der Waals surface area contributed by atoms with Gasteiger partial charge in [-0.15, -0.1) is 5.10 Å². The molecule has 0 saturated carbocycles. The van der Waals surface area contributed by atoms with Gasteiger partial charge in [0.15, 0.2) is 11.3 Å². The Morgan fingerprint density at radius 1 is 1.24 bits per heavy atom. The zero-order valence-electron chi connectivity index (χ0n) is 15.2. The Morgan fingerprint density at radius 3 is 2.83 bits per heavy atom. The molecule has 3 aromatic rings. The Balaban J connectivity index is 1.64. The lowest BCUT2D eigenvalue weighted by molar-refractivity contribution is -0.123. The molecule has 1 N–H and O–H groups in total. The van der Waals surface area contributed by atoms with E-state index in [2.05, 4.69) is 10.1 Å². The molecule has 1 fully saturated rings. The minimum absolute atomic E-state index is 0.0818. The highest BCUT2D eigenvalue weighted by Crippen LogP contribution is 2.35. The molecule has 152 valence electrons. The first-order valence-corrected chi connectivity index (χ1v) is 9.04. The van der Waals surface area contributed by atoms with E-state index in [0.717, 1.165) is 18.4 Å². The predicted molar refractivity (Wildman–Crippen MR) is 97.1 cm³/mol. The molecular weight excluding hydrogens is 390 g/mol. The molecule has 29 heavy (non-hydrogen) atoms. The molecule has 0 radical (unpaired) electrons. The number of amides is 1. The number of rotatable bonds is 4. The van der Waals surface area contributed by atoms with Gasteiger partial charge in [0.1, 0.15) is 18.2 Å². The first-order chi connectivity index (χ1) is 13.8. The van der Waals surface area contributed by atoms with Crippen LogP contribution in [0.3, 0.4) is 0 Å². The lowest BCUT2D eigenvalue weighted by Gasteiger charge is -2.26. The fourth-order valence-corrected chi connectivity index (χ4v) is 3.54. The molecule has 4 rings (SSSR count). The number of halogens is 4. The number of anilines is 1. The van der Waals surface area contributed by atoms with E-state index < -0.39 is 18.6 Å². The van der Waals surface area contributed by atoms with Crippen LogP contribution in [0.1, 0.15) is 34.9 Å². The summed E-state index contributed by atoms with van der Waals surface area (Å²) in [6.07, 6.45) is -1.63. The molecule has 1 aromatic carbocycles. The summed E-state index contributed by atoms with van der Waals surface area (Å²) in [6, 6.07) is 9.65. The molecule has 1 atom stereocenters. The summed E-state index contributed by atoms with van der Waals surface area (Å²) in [6.45, 7) is -0.753. The minimum Gasteiger partial charge on any atom is -0.348 e. The molecule has 10 heteroatoms. The maximum atomic E-state index is 13.6. The van der Waals surface area contributed by atoms with Gasteiger partial charge in [0.25, 0.3) is 5.91 Å². The minimum atomic E-state index is -4.51. The molecule has 2 aromatic heterocycles. The average Bonchev–Trinajstić information content (AvgIpc) is 3.32. The highest BCUT2D eigenvalue weighted by molar-refractivity contribution is 5.93. The van der Waals surface area contributed by atoms with Crippen LogP contribution in [0.25, 0.3) is 5.65 Å². The van der Waals surface area contributed by atoms with Crippen LogP contribution < -0.4 is 10.2 Å². The number of nitrogens with zero attached hydrogens (tertiary/aromatic N) is 4. The molecule has 0 aliphatic carbocycles. The average molecular weight is 407 g/mol. The lowest BCUT2D eigenvalue weighted by Crippen LogP contribution is -2.34. The van der Waals surface area contributed by atoms with Crippen molar-refractivity contribution in [2.24, 2.45) is 0 Å². The van der Waals surface area contributed by atoms with Gasteiger partial charge >= 0.3 is 6.18 Å². The Hall–Kier alpha value is -3.17. The molecule has 1 amide bonds. The first-order valence-electron chi connectivity index (χ1n) is 9.04. The van der Waals surface area contributed by atoms with E-state index in [9.17, 15) is 22.4 Å². The van der Waals surface area contributed by atoms with E-state index >= 15 is 0 Å². The molecule has 1 aliphatic heterocycles. The fourth-order valence-electron chi connectivity index (χ4n) is 3.54. The molecule has 0 unspecified atom stereocenters. The summed E-state index contributed by atoms with van der Waals surface area (Å²) in [5.41, 5.74) is 1.07. The summed E-state index contributed by atoms with van der Waals surface area (Å²) in [4.78, 5) is 18.2. The molecule has 1 aliphatic rings. The van der Waals surface area contributed by atoms with Crippen molar-refractivity contribution in [2.75, 3.05) is 18.0 Å². The summed E-state index contributed by atoms with van der Waals surface area (Å²) < 4.78 is 52.0. The van der Waals surface area contributed by atoms with Crippen LogP contribution >= 0.6 is 0 Å². The second kappa shape index (κ2) is 7.34. The number of fused-ring (bicyclic) bond motifs is 1. The van der Waals surface area contributed by atoms with Crippen molar-refractivity contribution in [3.63, 3.8) is 0 Å². The number of hydrogen-bond acceptors (Lipinski definition) is 4. The number of benzene rings is 1. The summed E-state index contributed by atoms with van der Waals surface area (Å²) >= 11 is 0. The lowest BCUT2D eigenvalue weighted by atomic mass is 10.0. The third kappa shape index (κ3) is 4.01. The van der Waals surface area contributed by atoms with Crippen LogP contribution in [0.5, 0.6) is 0 Å². The molecule has 1 saturated heterocycles. The topological polar surface area (TPSA) is 62.5 Å². The Kier molecular flexibility index (Phi) is 4.85. The van der Waals surface area contributed by atoms with Gasteiger partial charge in [-0.05, 0) is 42.7 Å². The SMILES string of the molecule is O=C(NCC(F)(F)F)c1cnc2ccc(N3CCC[C@@H]3c3cccc(F)c3)nn12. The normalized spacial score (nSPS) is 17.1. The number of hydrogen-bond donors (Lipinski definition) is 1. The van der Waals surface area contributed by atoms with Crippen molar-refractivity contribution >= 4 is 17.4 Å². The molecule has 0 spiro atoms. The van der Waals surface area contributed by atoms with Gasteiger partial charge in [-0.3, -0.25) is 4.79 Å². The van der Waals surface area contributed by atoms with E-state index in [1.165, 1.54) is 22.8 Å². The predicted octanol–water partition coefficient (Wildman–Crippen LogP) is 3.50. The zero-order chi connectivity index (χ0) is 20.6. The number of aromatic nitrogens is 3. The standard InChI is InChI=1S/C19H17F4N5O/c20-13-4-1-3-12(9-13)14-5-2-8-27(14)17-7-6-16-24-10-15(28(16)26-17)18(29)25-11-19(21,22)23/h1,3-4,6-7,9-10,14H,2,5,8,11H2,(H,25,29)/t14-/m1/s1. The maximum absolute atomic E-state index is 13.6. The van der Waals surface area contributed by atoms with Crippen molar-refractivity contribution in [3.05, 3.63) is 59.7 Å². The Bertz CT molecular complexity index is 1050. The molecule has 3 heterocycles. The third-order valence-electron chi connectivity index (χ3n) is 4.81. The van der Waals surface area contributed by atoms with Gasteiger partial charge in [0, 0.05) is 6.54 Å². The quantitative estimate of drug-likeness (QED) is 0.673. The van der Waals surface area contributed by atoms with E-state index in [-0.39, 0.29) is 17.6 Å². The summed E-state index contributed by atoms with van der Waals surface area (Å²) in [7, 11) is 0. The molecule has 6 nitrogen and oxygen atoms in total. The van der Waals surface area contributed by atoms with Crippen molar-refractivity contribution in [1.82, 2.24) is 19.9 Å². The van der Waals surface area contributed by atoms with Crippen molar-refractivity contribution in [1.29, 1.82) is 0 Å². The second-order valence-corrected chi connectivity index (χ2v) is 6.81. The van der Waals surface area contributed by atoms with Crippen molar-refractivity contribution in [3.8, 4) is 0 Å². The van der Waals surface area contributed by atoms with Crippen LogP contribution in [0.4, 0.5) is 23.4 Å². The number of imidazole rings is 1. The highest BCUT2D eigenvalue weighted by atomic mass is 19.4. The smallest absolute Gasteiger partial charge is 0.348 e. The van der Waals surface area contributed by atoms with Gasteiger partial charge in [-0.1, -0.05) is 12.1 Å². The maximum Gasteiger partial charge on any atom is 0.405 e. The van der Waals surface area contributed by atoms with Crippen LogP contribution in [0, 0.1) is 5.82 Å². The van der Waals surface area contributed by atoms with Gasteiger partial charge in [0.05, 0.1) is 12.2 Å². The highest BCUT2D eigenvalue weighted by Gasteiger charge is 2.30. The number of alkyl halides is 3. The van der Waals surface area contributed by atoms with E-state index in [1.807, 2.05) is 16.3 Å². The van der Waals surface area contributed by atoms with Crippen molar-refractivity contribution in [2.45, 2.75) is 25.1 Å². The van der Waals surface area contributed by atoms with Gasteiger partial charge < -0.3 is 10.2 Å². The summed E-state index contributed by atoms with van der Waals surface area (Å²) in [5.74, 6) is -0.703. The Morgan fingerprint density at radius 2 is 2.07 bits per heavy atom. The fraction of sp³-hybridized carbons (Fsp3) is 0.316. The largest absolute Gasteiger partial charge is 0.405 e. The van der Waals surface area contributed by atoms with E-state index in [1.54, 1.807) is 18.2 Å². The van der Waals surface area contributed by atoms with E-state index in [0.29, 0.717) is 18.0 Å². The van der Waals surface area contributed by atoms with Crippen LogP contribution in [-0.2, 0) is 0 Å². The monoisotopic (exact) mass is 407 g/mol. The van der Waals surface area contributed by atoms with Crippen LogP contribution in [0.15, 0.2) is 42.6 Å². The van der Waals surface area contributed by atoms with Gasteiger partial charge in [-0.2, -0.15) is 13.2 Å². The van der Waals surface area contributed by atoms with Crippen molar-refractivity contribution < 1.29 is 22.4 Å². The second-order valence-electron chi connectivity index (χ2n) is 6.81. The molecule has 0 bridgehead atoms. The molecular formula is C19H17F4N5O.